The first-order valence-corrected chi connectivity index (χ1v) is 9.99. The zero-order valence-electron chi connectivity index (χ0n) is 17.0. The van der Waals surface area contributed by atoms with Crippen LogP contribution in [0.5, 0.6) is 5.75 Å². The Labute approximate surface area is 176 Å². The van der Waals surface area contributed by atoms with E-state index in [0.29, 0.717) is 35.1 Å². The van der Waals surface area contributed by atoms with Crippen LogP contribution in [0.15, 0.2) is 36.4 Å². The summed E-state index contributed by atoms with van der Waals surface area (Å²) in [6.07, 6.45) is 0. The third-order valence-electron chi connectivity index (χ3n) is 5.19. The number of nitrogens with one attached hydrogen (secondary N) is 1. The number of benzene rings is 2. The minimum absolute atomic E-state index is 0.0584. The average Bonchev–Trinajstić information content (AvgIpc) is 2.71. The molecule has 1 aliphatic rings. The van der Waals surface area contributed by atoms with E-state index in [0.717, 1.165) is 24.2 Å². The lowest BCUT2D eigenvalue weighted by molar-refractivity contribution is -0.118. The predicted molar refractivity (Wildman–Crippen MR) is 115 cm³/mol. The van der Waals surface area contributed by atoms with Crippen molar-refractivity contribution in [3.05, 3.63) is 58.1 Å². The summed E-state index contributed by atoms with van der Waals surface area (Å²) in [5.74, 6) is 0.277. The minimum atomic E-state index is -0.336. The van der Waals surface area contributed by atoms with Gasteiger partial charge < -0.3 is 19.9 Å². The van der Waals surface area contributed by atoms with E-state index in [9.17, 15) is 9.59 Å². The molecular weight excluding hydrogens is 390 g/mol. The molecule has 0 bridgehead atoms. The Hall–Kier alpha value is -2.57. The average molecular weight is 416 g/mol. The minimum Gasteiger partial charge on any atom is -0.483 e. The van der Waals surface area contributed by atoms with Crippen LogP contribution in [0.2, 0.25) is 5.02 Å². The van der Waals surface area contributed by atoms with Crippen LogP contribution < -0.4 is 10.1 Å². The molecular formula is C22H26ClN3O3. The van der Waals surface area contributed by atoms with Crippen LogP contribution in [0.3, 0.4) is 0 Å². The van der Waals surface area contributed by atoms with E-state index in [1.807, 2.05) is 44.0 Å². The number of rotatable bonds is 5. The Kier molecular flexibility index (Phi) is 6.77. The second-order valence-electron chi connectivity index (χ2n) is 7.33. The summed E-state index contributed by atoms with van der Waals surface area (Å²) in [7, 11) is 2.04. The lowest BCUT2D eigenvalue weighted by atomic mass is 10.1. The molecule has 0 radical (unpaired) electrons. The van der Waals surface area contributed by atoms with Crippen LogP contribution in [-0.4, -0.2) is 61.4 Å². The van der Waals surface area contributed by atoms with Gasteiger partial charge in [0.2, 0.25) is 0 Å². The number of anilines is 1. The number of aryl methyl sites for hydroxylation is 1. The molecule has 1 aliphatic heterocycles. The zero-order chi connectivity index (χ0) is 21.0. The Morgan fingerprint density at radius 1 is 1.10 bits per heavy atom. The highest BCUT2D eigenvalue weighted by Crippen LogP contribution is 2.25. The summed E-state index contributed by atoms with van der Waals surface area (Å²) in [5, 5.41) is 3.12. The molecule has 6 nitrogen and oxygen atoms in total. The molecule has 3 rings (SSSR count). The van der Waals surface area contributed by atoms with Crippen molar-refractivity contribution in [1.82, 2.24) is 9.80 Å². The number of likely N-dealkylation sites (N-methyl/N-ethyl adjacent to an activating group) is 1. The fourth-order valence-corrected chi connectivity index (χ4v) is 3.32. The Morgan fingerprint density at radius 2 is 1.83 bits per heavy atom. The van der Waals surface area contributed by atoms with Gasteiger partial charge in [-0.25, -0.2) is 0 Å². The molecule has 0 aliphatic carbocycles. The Bertz CT molecular complexity index is 908. The van der Waals surface area contributed by atoms with Gasteiger partial charge in [0.25, 0.3) is 11.8 Å². The maximum absolute atomic E-state index is 12.8. The second kappa shape index (κ2) is 9.29. The fraction of sp³-hybridized carbons (Fsp3) is 0.364. The molecule has 0 unspecified atom stereocenters. The maximum atomic E-state index is 12.8. The van der Waals surface area contributed by atoms with Gasteiger partial charge in [0.15, 0.2) is 6.61 Å². The maximum Gasteiger partial charge on any atom is 0.262 e. The first-order chi connectivity index (χ1) is 13.8. The molecule has 2 amide bonds. The molecule has 1 N–H and O–H groups in total. The van der Waals surface area contributed by atoms with E-state index in [2.05, 4.69) is 10.2 Å². The first kappa shape index (κ1) is 21.1. The fourth-order valence-electron chi connectivity index (χ4n) is 3.16. The van der Waals surface area contributed by atoms with Crippen molar-refractivity contribution >= 4 is 29.1 Å². The van der Waals surface area contributed by atoms with E-state index < -0.39 is 0 Å². The smallest absolute Gasteiger partial charge is 0.262 e. The standard InChI is InChI=1S/C22H26ClN3O3/c1-15-5-4-6-20(16(15)2)29-14-21(27)24-19-13-17(7-8-18(19)23)22(28)26-11-9-25(3)10-12-26/h4-8,13H,9-12,14H2,1-3H3,(H,24,27). The molecule has 1 fully saturated rings. The summed E-state index contributed by atoms with van der Waals surface area (Å²) in [6, 6.07) is 10.7. The van der Waals surface area contributed by atoms with Crippen LogP contribution in [0.4, 0.5) is 5.69 Å². The van der Waals surface area contributed by atoms with Gasteiger partial charge in [0, 0.05) is 31.7 Å². The number of hydrogen-bond donors (Lipinski definition) is 1. The molecule has 154 valence electrons. The summed E-state index contributed by atoms with van der Waals surface area (Å²) in [6.45, 7) is 6.86. The quantitative estimate of drug-likeness (QED) is 0.813. The summed E-state index contributed by atoms with van der Waals surface area (Å²) in [5.41, 5.74) is 3.00. The zero-order valence-corrected chi connectivity index (χ0v) is 17.8. The molecule has 7 heteroatoms. The van der Waals surface area contributed by atoms with Crippen LogP contribution >= 0.6 is 11.6 Å². The van der Waals surface area contributed by atoms with Gasteiger partial charge in [0.05, 0.1) is 10.7 Å². The normalized spacial score (nSPS) is 14.6. The van der Waals surface area contributed by atoms with Crippen molar-refractivity contribution in [2.24, 2.45) is 0 Å². The molecule has 1 saturated heterocycles. The van der Waals surface area contributed by atoms with E-state index in [1.54, 1.807) is 18.2 Å². The van der Waals surface area contributed by atoms with Gasteiger partial charge in [-0.3, -0.25) is 9.59 Å². The molecule has 29 heavy (non-hydrogen) atoms. The number of hydrogen-bond acceptors (Lipinski definition) is 4. The van der Waals surface area contributed by atoms with Crippen LogP contribution in [-0.2, 0) is 4.79 Å². The molecule has 0 aromatic heterocycles. The summed E-state index contributed by atoms with van der Waals surface area (Å²) >= 11 is 6.23. The molecule has 0 saturated carbocycles. The van der Waals surface area contributed by atoms with Gasteiger partial charge in [0.1, 0.15) is 5.75 Å². The number of piperazine rings is 1. The van der Waals surface area contributed by atoms with Crippen molar-refractivity contribution in [2.45, 2.75) is 13.8 Å². The Morgan fingerprint density at radius 3 is 2.55 bits per heavy atom. The third kappa shape index (κ3) is 5.28. The van der Waals surface area contributed by atoms with E-state index in [1.165, 1.54) is 0 Å². The lowest BCUT2D eigenvalue weighted by Crippen LogP contribution is -2.47. The second-order valence-corrected chi connectivity index (χ2v) is 7.73. The summed E-state index contributed by atoms with van der Waals surface area (Å²) < 4.78 is 5.64. The van der Waals surface area contributed by atoms with Gasteiger partial charge in [-0.1, -0.05) is 23.7 Å². The largest absolute Gasteiger partial charge is 0.483 e. The number of amides is 2. The number of carbonyl (C=O) groups is 2. The number of carbonyl (C=O) groups excluding carboxylic acids is 2. The highest BCUT2D eigenvalue weighted by Gasteiger charge is 2.21. The predicted octanol–water partition coefficient (Wildman–Crippen LogP) is 3.36. The van der Waals surface area contributed by atoms with E-state index in [4.69, 9.17) is 16.3 Å². The van der Waals surface area contributed by atoms with E-state index >= 15 is 0 Å². The van der Waals surface area contributed by atoms with Crippen LogP contribution in [0.25, 0.3) is 0 Å². The van der Waals surface area contributed by atoms with Gasteiger partial charge in [-0.05, 0) is 56.3 Å². The highest BCUT2D eigenvalue weighted by atomic mass is 35.5. The first-order valence-electron chi connectivity index (χ1n) is 9.61. The monoisotopic (exact) mass is 415 g/mol. The molecule has 1 heterocycles. The van der Waals surface area contributed by atoms with Gasteiger partial charge in [-0.15, -0.1) is 0 Å². The topological polar surface area (TPSA) is 61.9 Å². The van der Waals surface area contributed by atoms with Crippen molar-refractivity contribution in [3.63, 3.8) is 0 Å². The van der Waals surface area contributed by atoms with Crippen LogP contribution in [0, 0.1) is 13.8 Å². The van der Waals surface area contributed by atoms with Crippen molar-refractivity contribution in [2.75, 3.05) is 45.2 Å². The number of ether oxygens (including phenoxy) is 1. The van der Waals surface area contributed by atoms with Gasteiger partial charge in [-0.2, -0.15) is 0 Å². The molecule has 2 aromatic rings. The highest BCUT2D eigenvalue weighted by molar-refractivity contribution is 6.33. The number of nitrogens with zero attached hydrogens (tertiary/aromatic N) is 2. The third-order valence-corrected chi connectivity index (χ3v) is 5.52. The van der Waals surface area contributed by atoms with Crippen molar-refractivity contribution in [3.8, 4) is 5.75 Å². The SMILES string of the molecule is Cc1cccc(OCC(=O)Nc2cc(C(=O)N3CCN(C)CC3)ccc2Cl)c1C. The van der Waals surface area contributed by atoms with Gasteiger partial charge >= 0.3 is 0 Å². The van der Waals surface area contributed by atoms with Crippen molar-refractivity contribution < 1.29 is 14.3 Å². The number of halogens is 1. The molecule has 2 aromatic carbocycles. The molecule has 0 atom stereocenters. The molecule has 0 spiro atoms. The van der Waals surface area contributed by atoms with Crippen LogP contribution in [0.1, 0.15) is 21.5 Å². The Balaban J connectivity index is 1.64. The van der Waals surface area contributed by atoms with E-state index in [-0.39, 0.29) is 18.4 Å². The summed E-state index contributed by atoms with van der Waals surface area (Å²) in [4.78, 5) is 29.1. The van der Waals surface area contributed by atoms with Crippen molar-refractivity contribution in [1.29, 1.82) is 0 Å². The lowest BCUT2D eigenvalue weighted by Gasteiger charge is -2.32.